The van der Waals surface area contributed by atoms with Crippen molar-refractivity contribution < 1.29 is 28.9 Å². The van der Waals surface area contributed by atoms with E-state index in [9.17, 15) is 14.7 Å². The van der Waals surface area contributed by atoms with Crippen molar-refractivity contribution in [2.45, 2.75) is 70.5 Å². The molecule has 1 aliphatic heterocycles. The number of ether oxygens (including phenoxy) is 3. The normalized spacial score (nSPS) is 34.0. The highest BCUT2D eigenvalue weighted by Crippen LogP contribution is 2.34. The molecule has 2 N–H and O–H groups in total. The van der Waals surface area contributed by atoms with Crippen LogP contribution in [0.1, 0.15) is 40.0 Å². The highest BCUT2D eigenvalue weighted by molar-refractivity contribution is 5.75. The second-order valence-corrected chi connectivity index (χ2v) is 5.74. The molecule has 1 saturated heterocycles. The van der Waals surface area contributed by atoms with Crippen LogP contribution in [0.15, 0.2) is 0 Å². The summed E-state index contributed by atoms with van der Waals surface area (Å²) in [5, 5.41) is 13.2. The van der Waals surface area contributed by atoms with Gasteiger partial charge in [0.25, 0.3) is 0 Å². The molecule has 7 nitrogen and oxygen atoms in total. The van der Waals surface area contributed by atoms with Gasteiger partial charge in [-0.3, -0.25) is 4.79 Å². The van der Waals surface area contributed by atoms with Gasteiger partial charge in [-0.1, -0.05) is 13.8 Å². The predicted molar refractivity (Wildman–Crippen MR) is 77.2 cm³/mol. The van der Waals surface area contributed by atoms with Crippen LogP contribution in [-0.4, -0.2) is 54.2 Å². The molecule has 1 amide bonds. The van der Waals surface area contributed by atoms with Crippen molar-refractivity contribution in [3.63, 3.8) is 0 Å². The fourth-order valence-electron chi connectivity index (χ4n) is 3.14. The molecule has 0 aromatic heterocycles. The Balaban J connectivity index is 2.18. The first-order valence-electron chi connectivity index (χ1n) is 7.99. The number of amides is 1. The fraction of sp³-hybridized carbons (Fsp3) is 0.867. The van der Waals surface area contributed by atoms with Gasteiger partial charge in [0, 0.05) is 0 Å². The summed E-state index contributed by atoms with van der Waals surface area (Å²) in [7, 11) is 0. The maximum atomic E-state index is 12.1. The lowest BCUT2D eigenvalue weighted by atomic mass is 9.79. The summed E-state index contributed by atoms with van der Waals surface area (Å²) in [6, 6.07) is -0.343. The molecule has 22 heavy (non-hydrogen) atoms. The first-order chi connectivity index (χ1) is 10.5. The Kier molecular flexibility index (Phi) is 5.63. The van der Waals surface area contributed by atoms with Gasteiger partial charge in [0.15, 0.2) is 6.10 Å². The number of esters is 1. The van der Waals surface area contributed by atoms with Crippen molar-refractivity contribution in [1.82, 2.24) is 5.32 Å². The molecule has 0 radical (unpaired) electrons. The quantitative estimate of drug-likeness (QED) is 0.710. The average molecular weight is 315 g/mol. The van der Waals surface area contributed by atoms with Crippen LogP contribution in [0, 0.1) is 5.92 Å². The van der Waals surface area contributed by atoms with Crippen molar-refractivity contribution in [2.24, 2.45) is 5.92 Å². The molecular weight excluding hydrogens is 290 g/mol. The Morgan fingerprint density at radius 2 is 2.09 bits per heavy atom. The number of carbonyl (C=O) groups excluding carboxylic acids is 2. The standard InChI is InChI=1S/C15H25NO6/c1-4-8(5-2)21-13-11(17)9(14(18)20-6-3)7-10-12(13)22-15(19)16-10/h8-13,17H,4-7H2,1-3H3,(H,16,19)/t9-,10?,11+,12?,13?/m1/s1. The molecule has 2 rings (SSSR count). The summed E-state index contributed by atoms with van der Waals surface area (Å²) in [6.07, 6.45) is -1.09. The van der Waals surface area contributed by atoms with E-state index < -0.39 is 36.3 Å². The second-order valence-electron chi connectivity index (χ2n) is 5.74. The number of hydrogen-bond donors (Lipinski definition) is 2. The minimum absolute atomic E-state index is 0.0550. The fourth-order valence-corrected chi connectivity index (χ4v) is 3.14. The molecule has 0 aromatic rings. The monoisotopic (exact) mass is 315 g/mol. The van der Waals surface area contributed by atoms with Crippen LogP contribution in [0.5, 0.6) is 0 Å². The smallest absolute Gasteiger partial charge is 0.407 e. The Hall–Kier alpha value is -1.34. The molecule has 1 saturated carbocycles. The number of rotatable bonds is 6. The van der Waals surface area contributed by atoms with Gasteiger partial charge in [-0.25, -0.2) is 4.79 Å². The molecule has 0 spiro atoms. The summed E-state index contributed by atoms with van der Waals surface area (Å²) in [4.78, 5) is 23.6. The molecule has 1 aliphatic carbocycles. The summed E-state index contributed by atoms with van der Waals surface area (Å²) in [6.45, 7) is 5.94. The maximum absolute atomic E-state index is 12.1. The molecular formula is C15H25NO6. The maximum Gasteiger partial charge on any atom is 0.407 e. The van der Waals surface area contributed by atoms with Crippen LogP contribution in [0.4, 0.5) is 4.79 Å². The molecule has 2 aliphatic rings. The minimum atomic E-state index is -1.05. The van der Waals surface area contributed by atoms with Crippen LogP contribution in [0.25, 0.3) is 0 Å². The average Bonchev–Trinajstić information content (AvgIpc) is 2.86. The molecule has 126 valence electrons. The van der Waals surface area contributed by atoms with Crippen LogP contribution < -0.4 is 5.32 Å². The van der Waals surface area contributed by atoms with E-state index in [1.54, 1.807) is 6.92 Å². The highest BCUT2D eigenvalue weighted by Gasteiger charge is 2.53. The number of alkyl carbamates (subject to hydrolysis) is 1. The van der Waals surface area contributed by atoms with E-state index in [-0.39, 0.29) is 18.8 Å². The number of aliphatic hydroxyl groups is 1. The molecule has 3 unspecified atom stereocenters. The van der Waals surface area contributed by atoms with Gasteiger partial charge in [-0.05, 0) is 26.2 Å². The van der Waals surface area contributed by atoms with Crippen molar-refractivity contribution in [1.29, 1.82) is 0 Å². The van der Waals surface area contributed by atoms with E-state index in [2.05, 4.69) is 5.32 Å². The van der Waals surface area contributed by atoms with Gasteiger partial charge in [0.05, 0.1) is 30.8 Å². The third-order valence-electron chi connectivity index (χ3n) is 4.37. The number of fused-ring (bicyclic) bond motifs is 1. The predicted octanol–water partition coefficient (Wildman–Crippen LogP) is 0.981. The number of nitrogens with one attached hydrogen (secondary N) is 1. The van der Waals surface area contributed by atoms with E-state index in [1.165, 1.54) is 0 Å². The van der Waals surface area contributed by atoms with Crippen LogP contribution >= 0.6 is 0 Å². The lowest BCUT2D eigenvalue weighted by molar-refractivity contribution is -0.181. The zero-order chi connectivity index (χ0) is 16.3. The first kappa shape index (κ1) is 17.0. The van der Waals surface area contributed by atoms with Gasteiger partial charge in [0.1, 0.15) is 6.10 Å². The van der Waals surface area contributed by atoms with Crippen molar-refractivity contribution in [2.75, 3.05) is 6.61 Å². The van der Waals surface area contributed by atoms with E-state index in [4.69, 9.17) is 14.2 Å². The van der Waals surface area contributed by atoms with E-state index >= 15 is 0 Å². The third-order valence-corrected chi connectivity index (χ3v) is 4.37. The van der Waals surface area contributed by atoms with E-state index in [0.29, 0.717) is 6.42 Å². The lowest BCUT2D eigenvalue weighted by Gasteiger charge is -2.40. The van der Waals surface area contributed by atoms with Gasteiger partial charge in [-0.15, -0.1) is 0 Å². The summed E-state index contributed by atoms with van der Waals surface area (Å²) in [5.41, 5.74) is 0. The van der Waals surface area contributed by atoms with Gasteiger partial charge in [-0.2, -0.15) is 0 Å². The Labute approximate surface area is 130 Å². The third kappa shape index (κ3) is 3.35. The Morgan fingerprint density at radius 1 is 1.41 bits per heavy atom. The van der Waals surface area contributed by atoms with Gasteiger partial charge >= 0.3 is 12.1 Å². The molecule has 5 atom stereocenters. The number of hydrogen-bond acceptors (Lipinski definition) is 6. The molecule has 0 bridgehead atoms. The Morgan fingerprint density at radius 3 is 2.68 bits per heavy atom. The number of carbonyl (C=O) groups is 2. The summed E-state index contributed by atoms with van der Waals surface area (Å²) < 4.78 is 16.2. The van der Waals surface area contributed by atoms with E-state index in [1.807, 2.05) is 13.8 Å². The second kappa shape index (κ2) is 7.28. The first-order valence-corrected chi connectivity index (χ1v) is 7.99. The summed E-state index contributed by atoms with van der Waals surface area (Å²) >= 11 is 0. The van der Waals surface area contributed by atoms with Crippen LogP contribution in [0.2, 0.25) is 0 Å². The molecule has 0 aromatic carbocycles. The molecule has 7 heteroatoms. The largest absolute Gasteiger partial charge is 0.466 e. The van der Waals surface area contributed by atoms with Gasteiger partial charge < -0.3 is 24.6 Å². The van der Waals surface area contributed by atoms with Crippen molar-refractivity contribution in [3.8, 4) is 0 Å². The van der Waals surface area contributed by atoms with Gasteiger partial charge in [0.2, 0.25) is 0 Å². The Bertz CT molecular complexity index is 411. The lowest BCUT2D eigenvalue weighted by Crippen LogP contribution is -2.58. The minimum Gasteiger partial charge on any atom is -0.466 e. The number of aliphatic hydroxyl groups excluding tert-OH is 1. The zero-order valence-corrected chi connectivity index (χ0v) is 13.3. The zero-order valence-electron chi connectivity index (χ0n) is 13.3. The van der Waals surface area contributed by atoms with Crippen molar-refractivity contribution >= 4 is 12.1 Å². The topological polar surface area (TPSA) is 94.1 Å². The van der Waals surface area contributed by atoms with Crippen molar-refractivity contribution in [3.05, 3.63) is 0 Å². The van der Waals surface area contributed by atoms with Crippen LogP contribution in [0.3, 0.4) is 0 Å². The van der Waals surface area contributed by atoms with Crippen LogP contribution in [-0.2, 0) is 19.0 Å². The SMILES string of the molecule is CCOC(=O)[C@@H]1CC2NC(=O)OC2C(OC(CC)CC)[C@H]1O. The molecule has 1 heterocycles. The highest BCUT2D eigenvalue weighted by atomic mass is 16.6. The molecule has 2 fully saturated rings. The van der Waals surface area contributed by atoms with E-state index in [0.717, 1.165) is 12.8 Å². The summed E-state index contributed by atoms with van der Waals surface area (Å²) in [5.74, 6) is -1.18.